The molecule has 0 spiro atoms. The normalized spacial score (nSPS) is 12.1. The van der Waals surface area contributed by atoms with Gasteiger partial charge in [0.1, 0.15) is 5.82 Å². The lowest BCUT2D eigenvalue weighted by atomic mass is 10.0. The fourth-order valence-electron chi connectivity index (χ4n) is 1.95. The average molecular weight is 394 g/mol. The summed E-state index contributed by atoms with van der Waals surface area (Å²) in [5, 5.41) is 0.502. The van der Waals surface area contributed by atoms with Gasteiger partial charge in [-0.05, 0) is 17.7 Å². The molecule has 0 bridgehead atoms. The maximum atomic E-state index is 14.1. The van der Waals surface area contributed by atoms with Crippen LogP contribution >= 0.6 is 39.1 Å². The lowest BCUT2D eigenvalue weighted by Crippen LogP contribution is -2.00. The molecule has 0 N–H and O–H groups in total. The van der Waals surface area contributed by atoms with Crippen LogP contribution in [0, 0.1) is 5.82 Å². The van der Waals surface area contributed by atoms with Gasteiger partial charge in [-0.15, -0.1) is 0 Å². The molecule has 6 heteroatoms. The van der Waals surface area contributed by atoms with Crippen molar-refractivity contribution in [2.45, 2.75) is 4.83 Å². The van der Waals surface area contributed by atoms with Crippen LogP contribution in [0.15, 0.2) is 30.3 Å². The van der Waals surface area contributed by atoms with Gasteiger partial charge in [0.25, 0.3) is 0 Å². The second-order valence-corrected chi connectivity index (χ2v) is 5.96. The number of hydrogen-bond donors (Lipinski definition) is 0. The van der Waals surface area contributed by atoms with Crippen LogP contribution < -0.4 is 9.47 Å². The molecule has 0 aliphatic rings. The monoisotopic (exact) mass is 392 g/mol. The van der Waals surface area contributed by atoms with Gasteiger partial charge < -0.3 is 9.47 Å². The van der Waals surface area contributed by atoms with E-state index in [1.165, 1.54) is 20.3 Å². The molecule has 1 unspecified atom stereocenters. The van der Waals surface area contributed by atoms with Crippen LogP contribution in [0.1, 0.15) is 16.0 Å². The molecule has 2 aromatic carbocycles. The standard InChI is InChI=1S/C15H12BrCl2FO2/c1-20-12-6-9(11(18)7-13(12)21-2)14(16)8-4-3-5-10(17)15(8)19/h3-7,14H,1-2H3. The van der Waals surface area contributed by atoms with E-state index < -0.39 is 10.6 Å². The first kappa shape index (κ1) is 16.4. The summed E-state index contributed by atoms with van der Waals surface area (Å²) in [6.45, 7) is 0. The molecule has 0 radical (unpaired) electrons. The summed E-state index contributed by atoms with van der Waals surface area (Å²) < 4.78 is 24.6. The van der Waals surface area contributed by atoms with Crippen molar-refractivity contribution in [2.75, 3.05) is 14.2 Å². The van der Waals surface area contributed by atoms with Crippen LogP contribution in [0.3, 0.4) is 0 Å². The average Bonchev–Trinajstić information content (AvgIpc) is 2.49. The van der Waals surface area contributed by atoms with Crippen LogP contribution in [0.4, 0.5) is 4.39 Å². The van der Waals surface area contributed by atoms with E-state index in [1.807, 2.05) is 0 Å². The molecule has 0 amide bonds. The zero-order chi connectivity index (χ0) is 15.6. The Bertz CT molecular complexity index is 664. The van der Waals surface area contributed by atoms with Crippen LogP contribution in [-0.4, -0.2) is 14.2 Å². The minimum atomic E-state index is -0.480. The van der Waals surface area contributed by atoms with E-state index in [-0.39, 0.29) is 5.02 Å². The minimum absolute atomic E-state index is 0.0635. The van der Waals surface area contributed by atoms with E-state index in [1.54, 1.807) is 24.3 Å². The van der Waals surface area contributed by atoms with Crippen molar-refractivity contribution in [2.24, 2.45) is 0 Å². The molecule has 1 atom stereocenters. The van der Waals surface area contributed by atoms with Crippen LogP contribution in [0.5, 0.6) is 11.5 Å². The zero-order valence-electron chi connectivity index (χ0n) is 11.3. The number of ether oxygens (including phenoxy) is 2. The molecule has 0 saturated heterocycles. The highest BCUT2D eigenvalue weighted by molar-refractivity contribution is 9.09. The summed E-state index contributed by atoms with van der Waals surface area (Å²) >= 11 is 15.5. The Morgan fingerprint density at radius 1 is 1.00 bits per heavy atom. The minimum Gasteiger partial charge on any atom is -0.493 e. The zero-order valence-corrected chi connectivity index (χ0v) is 14.4. The first-order chi connectivity index (χ1) is 9.99. The highest BCUT2D eigenvalue weighted by atomic mass is 79.9. The van der Waals surface area contributed by atoms with Gasteiger partial charge in [0.05, 0.1) is 24.1 Å². The van der Waals surface area contributed by atoms with Gasteiger partial charge in [-0.25, -0.2) is 4.39 Å². The molecule has 0 saturated carbocycles. The quantitative estimate of drug-likeness (QED) is 0.626. The molecular formula is C15H12BrCl2FO2. The number of halogens is 4. The maximum absolute atomic E-state index is 14.1. The number of alkyl halides is 1. The number of hydrogen-bond acceptors (Lipinski definition) is 2. The Morgan fingerprint density at radius 3 is 2.24 bits per heavy atom. The van der Waals surface area contributed by atoms with Crippen molar-refractivity contribution in [1.82, 2.24) is 0 Å². The highest BCUT2D eigenvalue weighted by Gasteiger charge is 2.21. The van der Waals surface area contributed by atoms with E-state index in [9.17, 15) is 4.39 Å². The first-order valence-corrected chi connectivity index (χ1v) is 7.66. The van der Waals surface area contributed by atoms with Crippen molar-refractivity contribution in [3.05, 3.63) is 57.3 Å². The van der Waals surface area contributed by atoms with E-state index >= 15 is 0 Å². The molecule has 0 aliphatic carbocycles. The molecule has 2 nitrogen and oxygen atoms in total. The van der Waals surface area contributed by atoms with Gasteiger partial charge in [0, 0.05) is 16.7 Å². The smallest absolute Gasteiger partial charge is 0.162 e. The lowest BCUT2D eigenvalue weighted by Gasteiger charge is -2.17. The summed E-state index contributed by atoms with van der Waals surface area (Å²) in [4.78, 5) is -0.455. The summed E-state index contributed by atoms with van der Waals surface area (Å²) in [6.07, 6.45) is 0. The second kappa shape index (κ2) is 6.86. The summed E-state index contributed by atoms with van der Waals surface area (Å²) in [6, 6.07) is 8.17. The van der Waals surface area contributed by atoms with Gasteiger partial charge in [-0.1, -0.05) is 51.3 Å². The molecule has 2 rings (SSSR count). The molecule has 0 aromatic heterocycles. The van der Waals surface area contributed by atoms with E-state index in [2.05, 4.69) is 15.9 Å². The Kier molecular flexibility index (Phi) is 5.36. The third-order valence-electron chi connectivity index (χ3n) is 3.03. The first-order valence-electron chi connectivity index (χ1n) is 5.99. The molecule has 0 heterocycles. The van der Waals surface area contributed by atoms with Gasteiger partial charge >= 0.3 is 0 Å². The molecule has 0 fully saturated rings. The Balaban J connectivity index is 2.53. The van der Waals surface area contributed by atoms with Gasteiger partial charge in [-0.2, -0.15) is 0 Å². The van der Waals surface area contributed by atoms with Crippen molar-refractivity contribution in [1.29, 1.82) is 0 Å². The Labute approximate surface area is 140 Å². The predicted octanol–water partition coefficient (Wildman–Crippen LogP) is 5.63. The molecule has 21 heavy (non-hydrogen) atoms. The molecule has 0 aliphatic heterocycles. The largest absolute Gasteiger partial charge is 0.493 e. The Hall–Kier alpha value is -0.970. The SMILES string of the molecule is COc1cc(Cl)c(C(Br)c2cccc(Cl)c2F)cc1OC. The second-order valence-electron chi connectivity index (χ2n) is 4.23. The fourth-order valence-corrected chi connectivity index (χ4v) is 3.26. The molecule has 112 valence electrons. The summed E-state index contributed by atoms with van der Waals surface area (Å²) in [5.41, 5.74) is 1.06. The molecular weight excluding hydrogens is 382 g/mol. The lowest BCUT2D eigenvalue weighted by molar-refractivity contribution is 0.354. The van der Waals surface area contributed by atoms with Crippen molar-refractivity contribution < 1.29 is 13.9 Å². The maximum Gasteiger partial charge on any atom is 0.162 e. The summed E-state index contributed by atoms with van der Waals surface area (Å²) in [5.74, 6) is 0.549. The van der Waals surface area contributed by atoms with E-state index in [0.29, 0.717) is 27.6 Å². The van der Waals surface area contributed by atoms with Crippen molar-refractivity contribution in [3.63, 3.8) is 0 Å². The van der Waals surface area contributed by atoms with Crippen molar-refractivity contribution in [3.8, 4) is 11.5 Å². The highest BCUT2D eigenvalue weighted by Crippen LogP contribution is 2.42. The third-order valence-corrected chi connectivity index (χ3v) is 4.64. The topological polar surface area (TPSA) is 18.5 Å². The number of benzene rings is 2. The van der Waals surface area contributed by atoms with Crippen molar-refractivity contribution >= 4 is 39.1 Å². The third kappa shape index (κ3) is 3.28. The predicted molar refractivity (Wildman–Crippen MR) is 86.7 cm³/mol. The van der Waals surface area contributed by atoms with E-state index in [0.717, 1.165) is 0 Å². The molecule has 2 aromatic rings. The Morgan fingerprint density at radius 2 is 1.62 bits per heavy atom. The van der Waals surface area contributed by atoms with Crippen LogP contribution in [-0.2, 0) is 0 Å². The van der Waals surface area contributed by atoms with Crippen LogP contribution in [0.25, 0.3) is 0 Å². The van der Waals surface area contributed by atoms with Crippen LogP contribution in [0.2, 0.25) is 10.0 Å². The fraction of sp³-hybridized carbons (Fsp3) is 0.200. The number of methoxy groups -OCH3 is 2. The van der Waals surface area contributed by atoms with Gasteiger partial charge in [-0.3, -0.25) is 0 Å². The number of rotatable bonds is 4. The van der Waals surface area contributed by atoms with Gasteiger partial charge in [0.2, 0.25) is 0 Å². The van der Waals surface area contributed by atoms with Gasteiger partial charge in [0.15, 0.2) is 11.5 Å². The summed E-state index contributed by atoms with van der Waals surface area (Å²) in [7, 11) is 3.05. The van der Waals surface area contributed by atoms with E-state index in [4.69, 9.17) is 32.7 Å².